The van der Waals surface area contributed by atoms with Gasteiger partial charge in [-0.1, -0.05) is 6.92 Å². The molecular formula is C26H35N7O3. The van der Waals surface area contributed by atoms with Crippen LogP contribution in [-0.4, -0.2) is 77.0 Å². The van der Waals surface area contributed by atoms with Crippen LogP contribution in [0.5, 0.6) is 0 Å². The topological polar surface area (TPSA) is 108 Å². The first-order valence-corrected chi connectivity index (χ1v) is 12.2. The fourth-order valence-electron chi connectivity index (χ4n) is 5.09. The van der Waals surface area contributed by atoms with E-state index in [-0.39, 0.29) is 18.2 Å². The van der Waals surface area contributed by atoms with Crippen LogP contribution in [0.1, 0.15) is 52.7 Å². The van der Waals surface area contributed by atoms with E-state index in [1.54, 1.807) is 36.7 Å². The van der Waals surface area contributed by atoms with Crippen LogP contribution in [0.3, 0.4) is 0 Å². The number of anilines is 3. The maximum Gasteiger partial charge on any atom is 0.410 e. The molecule has 192 valence electrons. The third-order valence-corrected chi connectivity index (χ3v) is 6.67. The molecule has 36 heavy (non-hydrogen) atoms. The average Bonchev–Trinajstić information content (AvgIpc) is 3.12. The smallest absolute Gasteiger partial charge is 0.410 e. The third-order valence-electron chi connectivity index (χ3n) is 6.67. The number of nitriles is 1. The molecule has 3 atom stereocenters. The summed E-state index contributed by atoms with van der Waals surface area (Å²) in [5.41, 5.74) is 0.570. The molecule has 0 aliphatic carbocycles. The number of rotatable bonds is 4. The van der Waals surface area contributed by atoms with Crippen molar-refractivity contribution in [3.05, 3.63) is 35.8 Å². The molecule has 4 heterocycles. The van der Waals surface area contributed by atoms with Crippen LogP contribution >= 0.6 is 0 Å². The molecule has 1 saturated heterocycles. The van der Waals surface area contributed by atoms with E-state index in [9.17, 15) is 10.1 Å². The number of hydrogen-bond acceptors (Lipinski definition) is 9. The lowest BCUT2D eigenvalue weighted by molar-refractivity contribution is 0.0129. The van der Waals surface area contributed by atoms with Crippen LogP contribution in [0, 0.1) is 11.3 Å². The number of ether oxygens (including phenoxy) is 2. The summed E-state index contributed by atoms with van der Waals surface area (Å²) in [5, 5.41) is 9.39. The Morgan fingerprint density at radius 1 is 1.19 bits per heavy atom. The summed E-state index contributed by atoms with van der Waals surface area (Å²) in [6.07, 6.45) is 2.92. The zero-order valence-electron chi connectivity index (χ0n) is 22.1. The molecule has 10 heteroatoms. The molecule has 2 aliphatic heterocycles. The molecule has 0 N–H and O–H groups in total. The highest BCUT2D eigenvalue weighted by atomic mass is 16.6. The molecule has 0 saturated carbocycles. The Morgan fingerprint density at radius 3 is 2.58 bits per heavy atom. The van der Waals surface area contributed by atoms with Crippen molar-refractivity contribution in [2.45, 2.75) is 64.6 Å². The van der Waals surface area contributed by atoms with Crippen LogP contribution in [0.4, 0.5) is 22.2 Å². The molecular weight excluding hydrogens is 458 g/mol. The molecule has 0 radical (unpaired) electrons. The zero-order chi connectivity index (χ0) is 26.3. The maximum atomic E-state index is 12.8. The molecule has 10 nitrogen and oxygen atoms in total. The highest BCUT2D eigenvalue weighted by Gasteiger charge is 2.46. The first-order chi connectivity index (χ1) is 17.0. The Labute approximate surface area is 212 Å². The van der Waals surface area contributed by atoms with Crippen molar-refractivity contribution in [2.24, 2.45) is 0 Å². The lowest BCUT2D eigenvalue weighted by Gasteiger charge is -2.45. The van der Waals surface area contributed by atoms with Gasteiger partial charge in [-0.05, 0) is 46.8 Å². The van der Waals surface area contributed by atoms with Gasteiger partial charge < -0.3 is 24.2 Å². The number of methoxy groups -OCH3 is 1. The highest BCUT2D eigenvalue weighted by Crippen LogP contribution is 2.47. The van der Waals surface area contributed by atoms with Gasteiger partial charge in [-0.25, -0.2) is 19.7 Å². The number of carbonyl (C=O) groups excluding carboxylic acids is 1. The molecule has 0 aromatic carbocycles. The van der Waals surface area contributed by atoms with Crippen molar-refractivity contribution >= 4 is 23.5 Å². The summed E-state index contributed by atoms with van der Waals surface area (Å²) < 4.78 is 11.3. The second-order valence-corrected chi connectivity index (χ2v) is 11.0. The predicted octanol–water partition coefficient (Wildman–Crippen LogP) is 3.63. The fourth-order valence-corrected chi connectivity index (χ4v) is 5.09. The average molecular weight is 494 g/mol. The summed E-state index contributed by atoms with van der Waals surface area (Å²) >= 11 is 0. The minimum Gasteiger partial charge on any atom is -0.444 e. The van der Waals surface area contributed by atoms with E-state index in [4.69, 9.17) is 14.5 Å². The van der Waals surface area contributed by atoms with Gasteiger partial charge >= 0.3 is 6.09 Å². The van der Waals surface area contributed by atoms with Crippen LogP contribution in [0.25, 0.3) is 0 Å². The van der Waals surface area contributed by atoms with Gasteiger partial charge in [-0.3, -0.25) is 0 Å². The SMILES string of the molecule is COC[C@@]1(C)CN(c2cc(C#N)ccn2)c2ncnc(N3C[C@@H](C)N(C(=O)OC(C)(C)C)C[C@@H]3C)c21. The number of nitrogens with zero attached hydrogens (tertiary/aromatic N) is 7. The maximum absolute atomic E-state index is 12.8. The second kappa shape index (κ2) is 9.54. The summed E-state index contributed by atoms with van der Waals surface area (Å²) in [5.74, 6) is 2.26. The van der Waals surface area contributed by atoms with Gasteiger partial charge in [0, 0.05) is 56.0 Å². The number of carbonyl (C=O) groups is 1. The summed E-state index contributed by atoms with van der Waals surface area (Å²) in [6, 6.07) is 5.59. The van der Waals surface area contributed by atoms with Gasteiger partial charge in [0.25, 0.3) is 0 Å². The molecule has 2 aliphatic rings. The van der Waals surface area contributed by atoms with Crippen molar-refractivity contribution in [1.29, 1.82) is 5.26 Å². The van der Waals surface area contributed by atoms with E-state index in [0.717, 1.165) is 17.2 Å². The standard InChI is InChI=1S/C26H35N7O3/c1-17-13-32(24(34)36-25(3,4)5)18(2)12-31(17)22-21-23(30-16-29-22)33(14-26(21,6)15-35-7)20-10-19(11-27)8-9-28-20/h8-10,16-18H,12-15H2,1-7H3/t17-,18+,26+/m0/s1. The molecule has 0 spiro atoms. The normalized spacial score (nSPS) is 23.9. The lowest BCUT2D eigenvalue weighted by Crippen LogP contribution is -2.59. The van der Waals surface area contributed by atoms with E-state index in [1.165, 1.54) is 0 Å². The van der Waals surface area contributed by atoms with Gasteiger partial charge in [0.05, 0.1) is 18.2 Å². The summed E-state index contributed by atoms with van der Waals surface area (Å²) in [7, 11) is 1.69. The molecule has 0 unspecified atom stereocenters. The Bertz CT molecular complexity index is 1170. The Hall–Kier alpha value is -3.45. The monoisotopic (exact) mass is 493 g/mol. The fraction of sp³-hybridized carbons (Fsp3) is 0.577. The lowest BCUT2D eigenvalue weighted by atomic mass is 9.85. The first-order valence-electron chi connectivity index (χ1n) is 12.2. The molecule has 2 aromatic rings. The van der Waals surface area contributed by atoms with Crippen LogP contribution in [0.15, 0.2) is 24.7 Å². The number of fused-ring (bicyclic) bond motifs is 1. The summed E-state index contributed by atoms with van der Waals surface area (Å²) in [4.78, 5) is 32.9. The third kappa shape index (κ3) is 4.80. The number of hydrogen-bond donors (Lipinski definition) is 0. The number of aromatic nitrogens is 3. The number of amides is 1. The Balaban J connectivity index is 1.71. The Morgan fingerprint density at radius 2 is 1.92 bits per heavy atom. The second-order valence-electron chi connectivity index (χ2n) is 11.0. The molecule has 0 bridgehead atoms. The van der Waals surface area contributed by atoms with Crippen molar-refractivity contribution in [1.82, 2.24) is 19.9 Å². The molecule has 2 aromatic heterocycles. The first kappa shape index (κ1) is 25.6. The molecule has 4 rings (SSSR count). The van der Waals surface area contributed by atoms with Crippen LogP contribution in [-0.2, 0) is 14.9 Å². The minimum absolute atomic E-state index is 0.00797. The van der Waals surface area contributed by atoms with E-state index in [0.29, 0.717) is 37.6 Å². The van der Waals surface area contributed by atoms with Crippen molar-refractivity contribution in [2.75, 3.05) is 43.2 Å². The van der Waals surface area contributed by atoms with Crippen LogP contribution in [0.2, 0.25) is 0 Å². The largest absolute Gasteiger partial charge is 0.444 e. The molecule has 1 fully saturated rings. The van der Waals surface area contributed by atoms with E-state index in [2.05, 4.69) is 34.8 Å². The highest BCUT2D eigenvalue weighted by molar-refractivity contribution is 5.75. The minimum atomic E-state index is -0.549. The number of pyridine rings is 1. The van der Waals surface area contributed by atoms with E-state index in [1.807, 2.05) is 32.6 Å². The van der Waals surface area contributed by atoms with Gasteiger partial charge in [0.2, 0.25) is 0 Å². The van der Waals surface area contributed by atoms with Crippen LogP contribution < -0.4 is 9.80 Å². The van der Waals surface area contributed by atoms with E-state index >= 15 is 0 Å². The van der Waals surface area contributed by atoms with Crippen molar-refractivity contribution < 1.29 is 14.3 Å². The van der Waals surface area contributed by atoms with Crippen molar-refractivity contribution in [3.8, 4) is 6.07 Å². The predicted molar refractivity (Wildman–Crippen MR) is 136 cm³/mol. The zero-order valence-corrected chi connectivity index (χ0v) is 22.1. The van der Waals surface area contributed by atoms with E-state index < -0.39 is 11.0 Å². The van der Waals surface area contributed by atoms with Gasteiger partial charge in [-0.15, -0.1) is 0 Å². The Kier molecular flexibility index (Phi) is 6.80. The summed E-state index contributed by atoms with van der Waals surface area (Å²) in [6.45, 7) is 14.1. The van der Waals surface area contributed by atoms with Gasteiger partial charge in [0.1, 0.15) is 29.4 Å². The number of piperazine rings is 1. The quantitative estimate of drug-likeness (QED) is 0.631. The molecule has 1 amide bonds. The van der Waals surface area contributed by atoms with Crippen molar-refractivity contribution in [3.63, 3.8) is 0 Å². The van der Waals surface area contributed by atoms with Gasteiger partial charge in [-0.2, -0.15) is 5.26 Å². The van der Waals surface area contributed by atoms with Gasteiger partial charge in [0.15, 0.2) is 0 Å².